The van der Waals surface area contributed by atoms with E-state index in [0.29, 0.717) is 18.0 Å². The molecule has 1 aromatic heterocycles. The van der Waals surface area contributed by atoms with E-state index < -0.39 is 17.4 Å². The zero-order valence-electron chi connectivity index (χ0n) is 15.9. The zero-order valence-corrected chi connectivity index (χ0v) is 15.9. The molecule has 2 amide bonds. The summed E-state index contributed by atoms with van der Waals surface area (Å²) in [4.78, 5) is 25.3. The number of rotatable bonds is 4. The maximum atomic E-state index is 13.3. The van der Waals surface area contributed by atoms with E-state index >= 15 is 0 Å². The molecule has 0 bridgehead atoms. The molecule has 2 N–H and O–H groups in total. The molecule has 0 saturated carbocycles. The predicted octanol–water partition coefficient (Wildman–Crippen LogP) is 3.11. The van der Waals surface area contributed by atoms with Gasteiger partial charge in [0.1, 0.15) is 11.6 Å². The molecule has 1 aliphatic heterocycles. The normalized spacial score (nSPS) is 17.8. The SMILES string of the molecule is Cc1ccc2c(c1)NC(=O)C(C)(C(=O)Nc1ccn(Cc3cccc(F)c3)n1)O2. The minimum Gasteiger partial charge on any atom is -0.466 e. The van der Waals surface area contributed by atoms with E-state index in [1.54, 1.807) is 41.2 Å². The van der Waals surface area contributed by atoms with Gasteiger partial charge in [-0.1, -0.05) is 18.2 Å². The summed E-state index contributed by atoms with van der Waals surface area (Å²) in [5, 5.41) is 9.58. The van der Waals surface area contributed by atoms with Crippen LogP contribution in [0.5, 0.6) is 5.75 Å². The summed E-state index contributed by atoms with van der Waals surface area (Å²) in [6.45, 7) is 3.64. The van der Waals surface area contributed by atoms with Crippen LogP contribution in [0.1, 0.15) is 18.1 Å². The summed E-state index contributed by atoms with van der Waals surface area (Å²) in [6, 6.07) is 13.1. The molecule has 0 saturated heterocycles. The number of ether oxygens (including phenoxy) is 1. The molecular weight excluding hydrogens is 375 g/mol. The predicted molar refractivity (Wildman–Crippen MR) is 105 cm³/mol. The van der Waals surface area contributed by atoms with Crippen LogP contribution in [0.2, 0.25) is 0 Å². The first-order valence-electron chi connectivity index (χ1n) is 9.04. The molecule has 0 fully saturated rings. The van der Waals surface area contributed by atoms with Crippen LogP contribution in [0.25, 0.3) is 0 Å². The Kier molecular flexibility index (Phi) is 4.54. The van der Waals surface area contributed by atoms with E-state index in [4.69, 9.17) is 4.74 Å². The Morgan fingerprint density at radius 1 is 1.28 bits per heavy atom. The number of nitrogens with one attached hydrogen (secondary N) is 2. The minimum absolute atomic E-state index is 0.263. The van der Waals surface area contributed by atoms with Crippen molar-refractivity contribution in [3.8, 4) is 5.75 Å². The third-order valence-electron chi connectivity index (χ3n) is 4.68. The van der Waals surface area contributed by atoms with Crippen molar-refractivity contribution >= 4 is 23.3 Å². The smallest absolute Gasteiger partial charge is 0.279 e. The van der Waals surface area contributed by atoms with Crippen LogP contribution in [-0.2, 0) is 16.1 Å². The van der Waals surface area contributed by atoms with E-state index in [9.17, 15) is 14.0 Å². The van der Waals surface area contributed by atoms with Gasteiger partial charge in [-0.15, -0.1) is 0 Å². The largest absolute Gasteiger partial charge is 0.466 e. The highest BCUT2D eigenvalue weighted by Gasteiger charge is 2.47. The highest BCUT2D eigenvalue weighted by atomic mass is 19.1. The summed E-state index contributed by atoms with van der Waals surface area (Å²) >= 11 is 0. The second kappa shape index (κ2) is 7.05. The standard InChI is InChI=1S/C21H19FN4O3/c1-13-6-7-17-16(10-13)23-19(27)21(2,29-17)20(28)24-18-8-9-26(25-18)12-14-4-3-5-15(22)11-14/h3-11H,12H2,1-2H3,(H,23,27)(H,24,25,28). The molecule has 29 heavy (non-hydrogen) atoms. The van der Waals surface area contributed by atoms with Crippen molar-refractivity contribution in [2.24, 2.45) is 0 Å². The van der Waals surface area contributed by atoms with Crippen molar-refractivity contribution in [2.45, 2.75) is 26.0 Å². The molecule has 8 heteroatoms. The van der Waals surface area contributed by atoms with E-state index in [0.717, 1.165) is 11.1 Å². The van der Waals surface area contributed by atoms with Gasteiger partial charge in [-0.2, -0.15) is 5.10 Å². The van der Waals surface area contributed by atoms with Gasteiger partial charge in [0.05, 0.1) is 12.2 Å². The molecule has 148 valence electrons. The highest BCUT2D eigenvalue weighted by molar-refractivity contribution is 6.18. The Bertz CT molecular complexity index is 1110. The maximum Gasteiger partial charge on any atom is 0.279 e. The van der Waals surface area contributed by atoms with Gasteiger partial charge in [0.2, 0.25) is 0 Å². The van der Waals surface area contributed by atoms with Crippen LogP contribution in [0, 0.1) is 12.7 Å². The lowest BCUT2D eigenvalue weighted by Crippen LogP contribution is -2.56. The molecule has 0 aliphatic carbocycles. The summed E-state index contributed by atoms with van der Waals surface area (Å²) in [5.74, 6) is -0.847. The molecule has 3 aromatic rings. The lowest BCUT2D eigenvalue weighted by Gasteiger charge is -2.33. The first-order chi connectivity index (χ1) is 13.8. The number of hydrogen-bond donors (Lipinski definition) is 2. The number of hydrogen-bond acceptors (Lipinski definition) is 4. The molecule has 2 heterocycles. The molecule has 0 radical (unpaired) electrons. The number of fused-ring (bicyclic) bond motifs is 1. The number of aromatic nitrogens is 2. The Balaban J connectivity index is 1.48. The van der Waals surface area contributed by atoms with Gasteiger partial charge in [0, 0.05) is 12.3 Å². The first-order valence-corrected chi connectivity index (χ1v) is 9.04. The molecule has 7 nitrogen and oxygen atoms in total. The average Bonchev–Trinajstić information content (AvgIpc) is 3.10. The van der Waals surface area contributed by atoms with Crippen molar-refractivity contribution in [1.29, 1.82) is 0 Å². The van der Waals surface area contributed by atoms with Crippen molar-refractivity contribution in [3.63, 3.8) is 0 Å². The number of carbonyl (C=O) groups excluding carboxylic acids is 2. The Morgan fingerprint density at radius 3 is 2.90 bits per heavy atom. The lowest BCUT2D eigenvalue weighted by molar-refractivity contribution is -0.143. The second-order valence-corrected chi connectivity index (χ2v) is 7.07. The zero-order chi connectivity index (χ0) is 20.6. The first kappa shape index (κ1) is 18.7. The lowest BCUT2D eigenvalue weighted by atomic mass is 10.0. The third-order valence-corrected chi connectivity index (χ3v) is 4.68. The summed E-state index contributed by atoms with van der Waals surface area (Å²) in [6.07, 6.45) is 1.66. The van der Waals surface area contributed by atoms with Crippen LogP contribution >= 0.6 is 0 Å². The van der Waals surface area contributed by atoms with Gasteiger partial charge in [-0.05, 0) is 49.2 Å². The monoisotopic (exact) mass is 394 g/mol. The topological polar surface area (TPSA) is 85.3 Å². The van der Waals surface area contributed by atoms with Crippen molar-refractivity contribution < 1.29 is 18.7 Å². The van der Waals surface area contributed by atoms with Crippen LogP contribution < -0.4 is 15.4 Å². The molecule has 1 unspecified atom stereocenters. The molecule has 0 spiro atoms. The quantitative estimate of drug-likeness (QED) is 0.666. The summed E-state index contributed by atoms with van der Waals surface area (Å²) in [5.41, 5.74) is 0.484. The van der Waals surface area contributed by atoms with Crippen molar-refractivity contribution in [2.75, 3.05) is 10.6 Å². The molecule has 4 rings (SSSR count). The Labute approximate surface area is 166 Å². The van der Waals surface area contributed by atoms with Crippen LogP contribution in [0.3, 0.4) is 0 Å². The van der Waals surface area contributed by atoms with Gasteiger partial charge < -0.3 is 15.4 Å². The fourth-order valence-corrected chi connectivity index (χ4v) is 3.06. The molecule has 1 aliphatic rings. The number of amides is 2. The summed E-state index contributed by atoms with van der Waals surface area (Å²) in [7, 11) is 0. The van der Waals surface area contributed by atoms with Crippen LogP contribution in [0.4, 0.5) is 15.9 Å². The van der Waals surface area contributed by atoms with E-state index in [1.165, 1.54) is 19.1 Å². The average molecular weight is 394 g/mol. The van der Waals surface area contributed by atoms with E-state index in [-0.39, 0.29) is 11.6 Å². The van der Waals surface area contributed by atoms with Gasteiger partial charge in [-0.25, -0.2) is 4.39 Å². The fourth-order valence-electron chi connectivity index (χ4n) is 3.06. The van der Waals surface area contributed by atoms with E-state index in [1.807, 2.05) is 13.0 Å². The third kappa shape index (κ3) is 3.69. The maximum absolute atomic E-state index is 13.3. The minimum atomic E-state index is -1.74. The van der Waals surface area contributed by atoms with Gasteiger partial charge in [0.15, 0.2) is 5.82 Å². The van der Waals surface area contributed by atoms with Gasteiger partial charge >= 0.3 is 0 Å². The van der Waals surface area contributed by atoms with Crippen LogP contribution in [0.15, 0.2) is 54.7 Å². The number of aryl methyl sites for hydroxylation is 1. The number of nitrogens with zero attached hydrogens (tertiary/aromatic N) is 2. The second-order valence-electron chi connectivity index (χ2n) is 7.07. The molecular formula is C21H19FN4O3. The number of halogens is 1. The van der Waals surface area contributed by atoms with Gasteiger partial charge in [0.25, 0.3) is 17.4 Å². The fraction of sp³-hybridized carbons (Fsp3) is 0.190. The van der Waals surface area contributed by atoms with Gasteiger partial charge in [-0.3, -0.25) is 14.3 Å². The van der Waals surface area contributed by atoms with E-state index in [2.05, 4.69) is 15.7 Å². The number of anilines is 2. The molecule has 1 atom stereocenters. The van der Waals surface area contributed by atoms with Crippen molar-refractivity contribution in [3.05, 3.63) is 71.7 Å². The molecule has 2 aromatic carbocycles. The summed E-state index contributed by atoms with van der Waals surface area (Å²) < 4.78 is 20.6. The van der Waals surface area contributed by atoms with Crippen molar-refractivity contribution in [1.82, 2.24) is 9.78 Å². The van der Waals surface area contributed by atoms with Crippen LogP contribution in [-0.4, -0.2) is 27.2 Å². The number of benzene rings is 2. The Morgan fingerprint density at radius 2 is 2.10 bits per heavy atom. The highest BCUT2D eigenvalue weighted by Crippen LogP contribution is 2.34. The number of carbonyl (C=O) groups is 2. The Hall–Kier alpha value is -3.68.